The van der Waals surface area contributed by atoms with Crippen molar-refractivity contribution >= 4 is 39.1 Å². The van der Waals surface area contributed by atoms with E-state index in [0.717, 1.165) is 5.56 Å². The van der Waals surface area contributed by atoms with Crippen LogP contribution in [0.15, 0.2) is 48.2 Å². The number of benzene rings is 1. The lowest BCUT2D eigenvalue weighted by atomic mass is 9.98. The number of aryl methyl sites for hydroxylation is 1. The van der Waals surface area contributed by atoms with Crippen molar-refractivity contribution in [3.05, 3.63) is 69.8 Å². The van der Waals surface area contributed by atoms with Crippen molar-refractivity contribution in [2.24, 2.45) is 5.14 Å². The summed E-state index contributed by atoms with van der Waals surface area (Å²) in [7, 11) is -3.66. The number of nitrogens with two attached hydrogens (primary N) is 1. The third-order valence-corrected chi connectivity index (χ3v) is 7.02. The molecule has 1 saturated heterocycles. The van der Waals surface area contributed by atoms with Crippen LogP contribution in [0.2, 0.25) is 10.3 Å². The number of primary sulfonamides is 1. The van der Waals surface area contributed by atoms with Gasteiger partial charge < -0.3 is 9.64 Å². The van der Waals surface area contributed by atoms with E-state index in [1.807, 2.05) is 6.07 Å². The SMILES string of the molecule is Cc1cc(Oc2cc([C@H]3CC(=O)N(C4=CCC(S(N)(=O)=O)C=C4)C3)ccc2Cl)nc(Cl)n1. The molecule has 0 bridgehead atoms. The zero-order valence-corrected chi connectivity index (χ0v) is 19.4. The maximum absolute atomic E-state index is 12.7. The van der Waals surface area contributed by atoms with Gasteiger partial charge in [-0.05, 0) is 48.7 Å². The Morgan fingerprint density at radius 3 is 2.66 bits per heavy atom. The molecule has 8 nitrogen and oxygen atoms in total. The molecule has 1 aromatic heterocycles. The summed E-state index contributed by atoms with van der Waals surface area (Å²) >= 11 is 12.2. The molecule has 1 aliphatic carbocycles. The number of likely N-dealkylation sites (tertiary alicyclic amines) is 1. The minimum Gasteiger partial charge on any atom is -0.437 e. The Balaban J connectivity index is 1.51. The molecule has 32 heavy (non-hydrogen) atoms. The molecule has 0 radical (unpaired) electrons. The fraction of sp³-hybridized carbons (Fsp3) is 0.286. The Bertz CT molecular complexity index is 1230. The van der Waals surface area contributed by atoms with E-state index in [2.05, 4.69) is 9.97 Å². The van der Waals surface area contributed by atoms with Crippen molar-refractivity contribution in [3.8, 4) is 11.6 Å². The molecule has 2 N–H and O–H groups in total. The van der Waals surface area contributed by atoms with Gasteiger partial charge >= 0.3 is 0 Å². The molecule has 1 aromatic carbocycles. The monoisotopic (exact) mass is 494 g/mol. The van der Waals surface area contributed by atoms with Crippen LogP contribution >= 0.6 is 23.2 Å². The van der Waals surface area contributed by atoms with Crippen LogP contribution in [0.25, 0.3) is 0 Å². The number of hydrogen-bond acceptors (Lipinski definition) is 6. The van der Waals surface area contributed by atoms with E-state index in [4.69, 9.17) is 33.1 Å². The highest BCUT2D eigenvalue weighted by molar-refractivity contribution is 7.89. The summed E-state index contributed by atoms with van der Waals surface area (Å²) in [4.78, 5) is 22.4. The molecule has 0 saturated carbocycles. The highest BCUT2D eigenvalue weighted by atomic mass is 35.5. The summed E-state index contributed by atoms with van der Waals surface area (Å²) in [5, 5.41) is 4.91. The lowest BCUT2D eigenvalue weighted by Crippen LogP contribution is -2.30. The number of carbonyl (C=O) groups excluding carboxylic acids is 1. The summed E-state index contributed by atoms with van der Waals surface area (Å²) < 4.78 is 28.9. The number of amides is 1. The lowest BCUT2D eigenvalue weighted by Gasteiger charge is -2.22. The van der Waals surface area contributed by atoms with Crippen molar-refractivity contribution in [3.63, 3.8) is 0 Å². The van der Waals surface area contributed by atoms with E-state index >= 15 is 0 Å². The fourth-order valence-corrected chi connectivity index (χ4v) is 4.77. The molecule has 1 fully saturated rings. The number of carbonyl (C=O) groups is 1. The second-order valence-corrected chi connectivity index (χ2v) is 10.2. The second-order valence-electron chi connectivity index (χ2n) is 7.67. The van der Waals surface area contributed by atoms with Crippen LogP contribution in [0.5, 0.6) is 11.6 Å². The molecule has 2 atom stereocenters. The van der Waals surface area contributed by atoms with Crippen LogP contribution in [-0.4, -0.2) is 41.0 Å². The van der Waals surface area contributed by atoms with Crippen LogP contribution in [0.4, 0.5) is 0 Å². The van der Waals surface area contributed by atoms with E-state index in [1.165, 1.54) is 6.08 Å². The van der Waals surface area contributed by atoms with Gasteiger partial charge in [0, 0.05) is 36.3 Å². The first kappa shape index (κ1) is 22.7. The van der Waals surface area contributed by atoms with E-state index in [9.17, 15) is 13.2 Å². The molecule has 2 aromatic rings. The quantitative estimate of drug-likeness (QED) is 0.633. The van der Waals surface area contributed by atoms with Crippen molar-refractivity contribution in [2.75, 3.05) is 6.54 Å². The van der Waals surface area contributed by atoms with Crippen LogP contribution < -0.4 is 9.88 Å². The zero-order chi connectivity index (χ0) is 23.0. The Morgan fingerprint density at radius 1 is 1.22 bits per heavy atom. The second kappa shape index (κ2) is 8.82. The van der Waals surface area contributed by atoms with E-state index in [-0.39, 0.29) is 29.4 Å². The number of allylic oxidation sites excluding steroid dienone is 2. The van der Waals surface area contributed by atoms with Crippen LogP contribution in [0, 0.1) is 6.92 Å². The fourth-order valence-electron chi connectivity index (χ4n) is 3.74. The van der Waals surface area contributed by atoms with Crippen LogP contribution in [-0.2, 0) is 14.8 Å². The van der Waals surface area contributed by atoms with E-state index in [0.29, 0.717) is 35.1 Å². The normalized spacial score (nSPS) is 21.1. The first-order valence-electron chi connectivity index (χ1n) is 9.79. The number of hydrogen-bond donors (Lipinski definition) is 1. The molecule has 2 aliphatic rings. The standard InChI is InChI=1S/C21H20Cl2N4O4S/c1-12-8-19(26-21(23)25-12)31-18-9-13(2-7-17(18)22)14-10-20(28)27(11-14)15-3-5-16(6-4-15)32(24,29)30/h2-5,7-9,14,16H,6,10-11H2,1H3,(H2,24,29,30)/t14-,16?/m0/s1. The summed E-state index contributed by atoms with van der Waals surface area (Å²) in [6.45, 7) is 2.23. The van der Waals surface area contributed by atoms with Gasteiger partial charge in [0.15, 0.2) is 0 Å². The average molecular weight is 495 g/mol. The Kier molecular flexibility index (Phi) is 6.26. The highest BCUT2D eigenvalue weighted by Gasteiger charge is 2.33. The zero-order valence-electron chi connectivity index (χ0n) is 17.0. The molecule has 0 spiro atoms. The van der Waals surface area contributed by atoms with Crippen LogP contribution in [0.3, 0.4) is 0 Å². The molecule has 4 rings (SSSR count). The molecule has 1 aliphatic heterocycles. The minimum atomic E-state index is -3.66. The van der Waals surface area contributed by atoms with Crippen molar-refractivity contribution in [2.45, 2.75) is 30.9 Å². The van der Waals surface area contributed by atoms with Gasteiger partial charge in [0.05, 0.1) is 10.3 Å². The van der Waals surface area contributed by atoms with Gasteiger partial charge in [-0.1, -0.05) is 29.8 Å². The lowest BCUT2D eigenvalue weighted by molar-refractivity contribution is -0.125. The van der Waals surface area contributed by atoms with E-state index < -0.39 is 15.3 Å². The maximum Gasteiger partial charge on any atom is 0.227 e. The largest absolute Gasteiger partial charge is 0.437 e. The first-order valence-corrected chi connectivity index (χ1v) is 12.2. The topological polar surface area (TPSA) is 115 Å². The smallest absolute Gasteiger partial charge is 0.227 e. The molecule has 1 unspecified atom stereocenters. The third-order valence-electron chi connectivity index (χ3n) is 5.34. The molecule has 11 heteroatoms. The Hall–Kier alpha value is -2.46. The number of halogens is 2. The summed E-state index contributed by atoms with van der Waals surface area (Å²) in [6.07, 6.45) is 5.43. The molecular formula is C21H20Cl2N4O4S. The first-order chi connectivity index (χ1) is 15.1. The predicted molar refractivity (Wildman–Crippen MR) is 121 cm³/mol. The third kappa shape index (κ3) is 4.96. The van der Waals surface area contributed by atoms with Gasteiger partial charge in [-0.3, -0.25) is 4.79 Å². The number of ether oxygens (including phenoxy) is 1. The summed E-state index contributed by atoms with van der Waals surface area (Å²) in [5.41, 5.74) is 2.22. The van der Waals surface area contributed by atoms with Crippen molar-refractivity contribution in [1.82, 2.24) is 14.9 Å². The van der Waals surface area contributed by atoms with Gasteiger partial charge in [-0.15, -0.1) is 0 Å². The van der Waals surface area contributed by atoms with Crippen molar-refractivity contribution < 1.29 is 17.9 Å². The van der Waals surface area contributed by atoms with Gasteiger partial charge in [0.2, 0.25) is 27.1 Å². The van der Waals surface area contributed by atoms with Gasteiger partial charge in [-0.2, -0.15) is 4.98 Å². The number of nitrogens with zero attached hydrogens (tertiary/aromatic N) is 3. The molecule has 168 valence electrons. The summed E-state index contributed by atoms with van der Waals surface area (Å²) in [6, 6.07) is 7.01. The van der Waals surface area contributed by atoms with Crippen molar-refractivity contribution in [1.29, 1.82) is 0 Å². The Labute approximate surface area is 195 Å². The molecule has 1 amide bonds. The predicted octanol–water partition coefficient (Wildman–Crippen LogP) is 3.70. The molecule has 2 heterocycles. The molecular weight excluding hydrogens is 475 g/mol. The number of rotatable bonds is 5. The van der Waals surface area contributed by atoms with Gasteiger partial charge in [-0.25, -0.2) is 18.5 Å². The number of sulfonamides is 1. The van der Waals surface area contributed by atoms with Gasteiger partial charge in [0.1, 0.15) is 5.75 Å². The Morgan fingerprint density at radius 2 is 2.00 bits per heavy atom. The minimum absolute atomic E-state index is 0.0458. The summed E-state index contributed by atoms with van der Waals surface area (Å²) in [5.74, 6) is 0.545. The maximum atomic E-state index is 12.7. The average Bonchev–Trinajstić information content (AvgIpc) is 3.10. The van der Waals surface area contributed by atoms with Gasteiger partial charge in [0.25, 0.3) is 0 Å². The highest BCUT2D eigenvalue weighted by Crippen LogP contribution is 2.37. The van der Waals surface area contributed by atoms with E-state index in [1.54, 1.807) is 42.2 Å². The number of aromatic nitrogens is 2. The van der Waals surface area contributed by atoms with Crippen LogP contribution in [0.1, 0.15) is 30.0 Å².